The minimum atomic E-state index is -0.149. The highest BCUT2D eigenvalue weighted by atomic mass is 16.4. The Morgan fingerprint density at radius 2 is 2.16 bits per heavy atom. The number of benzene rings is 1. The van der Waals surface area contributed by atoms with Gasteiger partial charge in [-0.15, -0.1) is 0 Å². The fourth-order valence-corrected chi connectivity index (χ4v) is 5.64. The standard InChI is InChI=1S/C20H23N3O2/c1-2-20-9-5-10-22-11-8-14-13-6-3-4-7-16(13)23(17(14)18(20)22)19(24)15(12-20)21-25/h3-4,6-7,18,25H,2,5,8-12H2,1H3/t18-,20+/m1/s1. The van der Waals surface area contributed by atoms with E-state index in [1.54, 1.807) is 0 Å². The second-order valence-electron chi connectivity index (χ2n) is 7.75. The lowest BCUT2D eigenvalue weighted by Gasteiger charge is -2.51. The fourth-order valence-electron chi connectivity index (χ4n) is 5.64. The zero-order chi connectivity index (χ0) is 17.2. The minimum absolute atomic E-state index is 0.0206. The van der Waals surface area contributed by atoms with Crippen molar-refractivity contribution in [1.82, 2.24) is 9.47 Å². The van der Waals surface area contributed by atoms with Crippen molar-refractivity contribution in [3.05, 3.63) is 35.5 Å². The van der Waals surface area contributed by atoms with E-state index < -0.39 is 0 Å². The van der Waals surface area contributed by atoms with E-state index in [4.69, 9.17) is 0 Å². The van der Waals surface area contributed by atoms with Gasteiger partial charge in [-0.3, -0.25) is 14.3 Å². The third-order valence-electron chi connectivity index (χ3n) is 6.79. The lowest BCUT2D eigenvalue weighted by molar-refractivity contribution is 0.00376. The van der Waals surface area contributed by atoms with Crippen LogP contribution in [0.5, 0.6) is 0 Å². The van der Waals surface area contributed by atoms with Gasteiger partial charge in [0.1, 0.15) is 5.71 Å². The maximum absolute atomic E-state index is 13.3. The summed E-state index contributed by atoms with van der Waals surface area (Å²) in [6, 6.07) is 8.42. The molecule has 1 aromatic heterocycles. The van der Waals surface area contributed by atoms with Crippen LogP contribution in [0, 0.1) is 5.41 Å². The predicted octanol–water partition coefficient (Wildman–Crippen LogP) is 3.60. The largest absolute Gasteiger partial charge is 0.410 e. The summed E-state index contributed by atoms with van der Waals surface area (Å²) in [5.74, 6) is -0.149. The van der Waals surface area contributed by atoms with Gasteiger partial charge in [-0.25, -0.2) is 0 Å². The van der Waals surface area contributed by atoms with Crippen molar-refractivity contribution in [2.45, 2.75) is 45.1 Å². The van der Waals surface area contributed by atoms with Crippen LogP contribution in [-0.2, 0) is 6.42 Å². The first-order valence-electron chi connectivity index (χ1n) is 9.32. The van der Waals surface area contributed by atoms with E-state index in [0.717, 1.165) is 50.0 Å². The molecule has 1 saturated heterocycles. The van der Waals surface area contributed by atoms with E-state index in [-0.39, 0.29) is 17.4 Å². The molecular formula is C20H23N3O2. The number of oxime groups is 1. The van der Waals surface area contributed by atoms with Gasteiger partial charge in [0, 0.05) is 24.0 Å². The van der Waals surface area contributed by atoms with Gasteiger partial charge in [-0.2, -0.15) is 0 Å². The first kappa shape index (κ1) is 15.1. The van der Waals surface area contributed by atoms with E-state index in [1.165, 1.54) is 10.9 Å². The molecule has 2 atom stereocenters. The molecule has 0 unspecified atom stereocenters. The Labute approximate surface area is 146 Å². The Bertz CT molecular complexity index is 913. The van der Waals surface area contributed by atoms with Crippen molar-refractivity contribution >= 4 is 22.5 Å². The van der Waals surface area contributed by atoms with Crippen molar-refractivity contribution in [3.8, 4) is 0 Å². The third kappa shape index (κ3) is 1.82. The fraction of sp³-hybridized carbons (Fsp3) is 0.500. The smallest absolute Gasteiger partial charge is 0.280 e. The number of nitrogens with zero attached hydrogens (tertiary/aromatic N) is 3. The summed E-state index contributed by atoms with van der Waals surface area (Å²) >= 11 is 0. The number of rotatable bonds is 1. The van der Waals surface area contributed by atoms with Gasteiger partial charge in [-0.1, -0.05) is 30.3 Å². The van der Waals surface area contributed by atoms with Crippen LogP contribution in [-0.4, -0.2) is 39.4 Å². The number of piperidine rings is 1. The van der Waals surface area contributed by atoms with Crippen molar-refractivity contribution in [2.24, 2.45) is 10.6 Å². The molecule has 5 heteroatoms. The Balaban J connectivity index is 1.91. The number of hydrogen-bond acceptors (Lipinski definition) is 4. The molecule has 5 rings (SSSR count). The van der Waals surface area contributed by atoms with Crippen molar-refractivity contribution < 1.29 is 10.0 Å². The maximum atomic E-state index is 13.3. The van der Waals surface area contributed by atoms with Gasteiger partial charge >= 0.3 is 0 Å². The van der Waals surface area contributed by atoms with Crippen LogP contribution in [0.15, 0.2) is 29.4 Å². The molecule has 3 aliphatic rings. The average Bonchev–Trinajstić information content (AvgIpc) is 2.94. The molecule has 130 valence electrons. The summed E-state index contributed by atoms with van der Waals surface area (Å²) in [6.07, 6.45) is 4.76. The molecule has 0 amide bonds. The first-order chi connectivity index (χ1) is 12.2. The summed E-state index contributed by atoms with van der Waals surface area (Å²) < 4.78 is 1.86. The quantitative estimate of drug-likeness (QED) is 0.639. The third-order valence-corrected chi connectivity index (χ3v) is 6.79. The topological polar surface area (TPSA) is 57.8 Å². The highest BCUT2D eigenvalue weighted by Gasteiger charge is 2.52. The highest BCUT2D eigenvalue weighted by molar-refractivity contribution is 6.41. The number of para-hydroxylation sites is 1. The van der Waals surface area contributed by atoms with Gasteiger partial charge in [0.25, 0.3) is 5.91 Å². The lowest BCUT2D eigenvalue weighted by Crippen LogP contribution is -2.49. The van der Waals surface area contributed by atoms with E-state index in [9.17, 15) is 10.0 Å². The van der Waals surface area contributed by atoms with Gasteiger partial charge < -0.3 is 5.21 Å². The van der Waals surface area contributed by atoms with Crippen molar-refractivity contribution in [3.63, 3.8) is 0 Å². The van der Waals surface area contributed by atoms with Crippen LogP contribution in [0.1, 0.15) is 54.7 Å². The molecule has 4 heterocycles. The molecule has 0 saturated carbocycles. The molecule has 2 aromatic rings. The van der Waals surface area contributed by atoms with Crippen LogP contribution in [0.25, 0.3) is 10.9 Å². The Kier molecular flexibility index (Phi) is 3.14. The molecule has 25 heavy (non-hydrogen) atoms. The monoisotopic (exact) mass is 337 g/mol. The van der Waals surface area contributed by atoms with E-state index in [2.05, 4.69) is 23.0 Å². The number of aromatic nitrogens is 1. The van der Waals surface area contributed by atoms with Crippen molar-refractivity contribution in [1.29, 1.82) is 0 Å². The van der Waals surface area contributed by atoms with Gasteiger partial charge in [0.05, 0.1) is 11.6 Å². The SMILES string of the molecule is CC[C@]12CCCN3CCc4c(n(c5ccccc45)C(=O)C(=NO)C1)[C@@H]32. The average molecular weight is 337 g/mol. The molecule has 1 N–H and O–H groups in total. The molecule has 0 bridgehead atoms. The minimum Gasteiger partial charge on any atom is -0.410 e. The van der Waals surface area contributed by atoms with Gasteiger partial charge in [-0.05, 0) is 49.3 Å². The van der Waals surface area contributed by atoms with Crippen LogP contribution in [0.4, 0.5) is 0 Å². The molecule has 3 aliphatic heterocycles. The zero-order valence-electron chi connectivity index (χ0n) is 14.5. The van der Waals surface area contributed by atoms with E-state index in [0.29, 0.717) is 12.1 Å². The molecule has 0 aliphatic carbocycles. The highest BCUT2D eigenvalue weighted by Crippen LogP contribution is 2.55. The van der Waals surface area contributed by atoms with E-state index in [1.807, 2.05) is 22.8 Å². The Morgan fingerprint density at radius 1 is 1.32 bits per heavy atom. The van der Waals surface area contributed by atoms with Crippen LogP contribution >= 0.6 is 0 Å². The molecule has 5 nitrogen and oxygen atoms in total. The summed E-state index contributed by atoms with van der Waals surface area (Å²) in [5, 5.41) is 14.3. The molecule has 0 radical (unpaired) electrons. The predicted molar refractivity (Wildman–Crippen MR) is 96.4 cm³/mol. The summed E-state index contributed by atoms with van der Waals surface area (Å²) in [7, 11) is 0. The molecular weight excluding hydrogens is 314 g/mol. The van der Waals surface area contributed by atoms with Gasteiger partial charge in [0.2, 0.25) is 0 Å². The van der Waals surface area contributed by atoms with E-state index >= 15 is 0 Å². The van der Waals surface area contributed by atoms with Crippen LogP contribution in [0.3, 0.4) is 0 Å². The Hall–Kier alpha value is -2.14. The maximum Gasteiger partial charge on any atom is 0.280 e. The number of carbonyl (C=O) groups excluding carboxylic acids is 1. The Morgan fingerprint density at radius 3 is 2.96 bits per heavy atom. The van der Waals surface area contributed by atoms with Crippen molar-refractivity contribution in [2.75, 3.05) is 13.1 Å². The number of hydrogen-bond donors (Lipinski definition) is 1. The second-order valence-corrected chi connectivity index (χ2v) is 7.75. The normalized spacial score (nSPS) is 30.5. The number of carbonyl (C=O) groups is 1. The summed E-state index contributed by atoms with van der Waals surface area (Å²) in [5.41, 5.74) is 3.73. The zero-order valence-corrected chi connectivity index (χ0v) is 14.5. The number of fused-ring (bicyclic) bond motifs is 3. The summed E-state index contributed by atoms with van der Waals surface area (Å²) in [4.78, 5) is 15.8. The van der Waals surface area contributed by atoms with Crippen LogP contribution in [0.2, 0.25) is 0 Å². The first-order valence-corrected chi connectivity index (χ1v) is 9.32. The van der Waals surface area contributed by atoms with Gasteiger partial charge in [0.15, 0.2) is 0 Å². The van der Waals surface area contributed by atoms with Crippen LogP contribution < -0.4 is 0 Å². The lowest BCUT2D eigenvalue weighted by atomic mass is 9.66. The summed E-state index contributed by atoms with van der Waals surface area (Å²) in [6.45, 7) is 4.36. The molecule has 1 aromatic carbocycles. The second kappa shape index (κ2) is 5.18. The molecule has 0 spiro atoms. The molecule has 1 fully saturated rings.